The molecule has 0 aliphatic rings. The maximum atomic E-state index is 10.6. The fourth-order valence-corrected chi connectivity index (χ4v) is 1.21. The molecule has 0 fully saturated rings. The molecule has 0 aliphatic heterocycles. The van der Waals surface area contributed by atoms with Gasteiger partial charge in [-0.3, -0.25) is 9.59 Å². The molecule has 1 aromatic heterocycles. The summed E-state index contributed by atoms with van der Waals surface area (Å²) in [6, 6.07) is 0. The minimum Gasteiger partial charge on any atom is -0.294 e. The van der Waals surface area contributed by atoms with Crippen molar-refractivity contribution in [3.8, 4) is 0 Å². The second-order valence-corrected chi connectivity index (χ2v) is 2.63. The number of nitrogens with zero attached hydrogens (tertiary/aromatic N) is 1. The van der Waals surface area contributed by atoms with Crippen LogP contribution in [0, 0.1) is 6.92 Å². The average molecular weight is 155 g/mol. The lowest BCUT2D eigenvalue weighted by molar-refractivity contribution is -0.104. The topological polar surface area (TPSA) is 47.0 Å². The van der Waals surface area contributed by atoms with E-state index in [0.717, 1.165) is 5.69 Å². The predicted molar refractivity (Wildman–Crippen MR) is 37.2 cm³/mol. The molecule has 52 valence electrons. The summed E-state index contributed by atoms with van der Waals surface area (Å²) in [7, 11) is 0. The van der Waals surface area contributed by atoms with Gasteiger partial charge < -0.3 is 0 Å². The first-order chi connectivity index (χ1) is 4.74. The van der Waals surface area contributed by atoms with Crippen LogP contribution in [0.25, 0.3) is 0 Å². The summed E-state index contributed by atoms with van der Waals surface area (Å²) in [5.74, 6) is -0.543. The zero-order valence-corrected chi connectivity index (χ0v) is 6.14. The first kappa shape index (κ1) is 7.08. The van der Waals surface area contributed by atoms with Crippen LogP contribution >= 0.6 is 11.3 Å². The highest BCUT2D eigenvalue weighted by Gasteiger charge is 2.06. The van der Waals surface area contributed by atoms with E-state index in [1.165, 1.54) is 11.3 Å². The molecule has 0 aliphatic carbocycles. The highest BCUT2D eigenvalue weighted by atomic mass is 32.1. The lowest BCUT2D eigenvalue weighted by atomic mass is 10.4. The van der Waals surface area contributed by atoms with Gasteiger partial charge in [-0.05, 0) is 6.92 Å². The molecule has 1 rings (SSSR count). The number of rotatable bonds is 2. The first-order valence-electron chi connectivity index (χ1n) is 2.65. The maximum absolute atomic E-state index is 10.6. The molecule has 4 heteroatoms. The minimum absolute atomic E-state index is 0.271. The number of thiazole rings is 1. The Labute approximate surface area is 61.7 Å². The molecule has 0 saturated heterocycles. The number of hydrogen-bond acceptors (Lipinski definition) is 4. The van der Waals surface area contributed by atoms with Crippen LogP contribution in [0.1, 0.15) is 15.5 Å². The molecule has 0 saturated carbocycles. The summed E-state index contributed by atoms with van der Waals surface area (Å²) < 4.78 is 0. The number of hydrogen-bond donors (Lipinski definition) is 0. The average Bonchev–Trinajstić information content (AvgIpc) is 2.34. The molecule has 0 amide bonds. The molecule has 0 aromatic carbocycles. The molecule has 1 aromatic rings. The Morgan fingerprint density at radius 2 is 2.50 bits per heavy atom. The third-order valence-corrected chi connectivity index (χ3v) is 1.91. The Bertz CT molecular complexity index is 266. The zero-order chi connectivity index (χ0) is 7.56. The van der Waals surface area contributed by atoms with Gasteiger partial charge in [0.1, 0.15) is 0 Å². The number of aromatic nitrogens is 1. The van der Waals surface area contributed by atoms with Crippen LogP contribution in [0.15, 0.2) is 5.38 Å². The van der Waals surface area contributed by atoms with Gasteiger partial charge in [0.05, 0.1) is 0 Å². The molecule has 10 heavy (non-hydrogen) atoms. The van der Waals surface area contributed by atoms with E-state index in [4.69, 9.17) is 0 Å². The number of ketones is 1. The fourth-order valence-electron chi connectivity index (χ4n) is 0.518. The van der Waals surface area contributed by atoms with Crippen LogP contribution in [0.2, 0.25) is 0 Å². The molecule has 3 nitrogen and oxygen atoms in total. The highest BCUT2D eigenvalue weighted by molar-refractivity contribution is 7.12. The highest BCUT2D eigenvalue weighted by Crippen LogP contribution is 2.07. The van der Waals surface area contributed by atoms with Crippen LogP contribution < -0.4 is 0 Å². The van der Waals surface area contributed by atoms with Crippen LogP contribution in [0.4, 0.5) is 0 Å². The van der Waals surface area contributed by atoms with Gasteiger partial charge in [0.15, 0.2) is 11.3 Å². The Kier molecular flexibility index (Phi) is 1.91. The number of Topliss-reactive ketones (excluding diaryl/α,β-unsaturated/α-hetero) is 1. The lowest BCUT2D eigenvalue weighted by Crippen LogP contribution is -1.98. The summed E-state index contributed by atoms with van der Waals surface area (Å²) in [6.07, 6.45) is 0.276. The summed E-state index contributed by atoms with van der Waals surface area (Å²) in [5.41, 5.74) is 0.773. The standard InChI is InChI=1S/C6H5NO2S/c1-4-3-10-6(7-4)5(9)2-8/h2-3H,1H3. The van der Waals surface area contributed by atoms with Gasteiger partial charge in [0.25, 0.3) is 5.78 Å². The molecule has 0 spiro atoms. The first-order valence-corrected chi connectivity index (χ1v) is 3.53. The molecule has 0 atom stereocenters. The quantitative estimate of drug-likeness (QED) is 0.361. The van der Waals surface area contributed by atoms with Gasteiger partial charge >= 0.3 is 0 Å². The normalized spacial score (nSPS) is 9.30. The Morgan fingerprint density at radius 3 is 2.90 bits per heavy atom. The van der Waals surface area contributed by atoms with Crippen molar-refractivity contribution in [2.24, 2.45) is 0 Å². The van der Waals surface area contributed by atoms with Crippen molar-refractivity contribution in [2.75, 3.05) is 0 Å². The van der Waals surface area contributed by atoms with Crippen molar-refractivity contribution < 1.29 is 9.59 Å². The Hall–Kier alpha value is -1.03. The number of carbonyl (C=O) groups is 2. The third-order valence-electron chi connectivity index (χ3n) is 0.937. The fraction of sp³-hybridized carbons (Fsp3) is 0.167. The Balaban J connectivity index is 2.95. The molecular weight excluding hydrogens is 150 g/mol. The maximum Gasteiger partial charge on any atom is 0.253 e. The van der Waals surface area contributed by atoms with Gasteiger partial charge in [0, 0.05) is 11.1 Å². The number of aryl methyl sites for hydroxylation is 1. The summed E-state index contributed by atoms with van der Waals surface area (Å²) in [6.45, 7) is 1.78. The van der Waals surface area contributed by atoms with E-state index in [-0.39, 0.29) is 11.3 Å². The largest absolute Gasteiger partial charge is 0.294 e. The van der Waals surface area contributed by atoms with Crippen LogP contribution in [-0.2, 0) is 4.79 Å². The van der Waals surface area contributed by atoms with Crippen LogP contribution in [-0.4, -0.2) is 17.1 Å². The van der Waals surface area contributed by atoms with Gasteiger partial charge in [0.2, 0.25) is 0 Å². The Morgan fingerprint density at radius 1 is 1.80 bits per heavy atom. The third kappa shape index (κ3) is 1.27. The van der Waals surface area contributed by atoms with Crippen LogP contribution in [0.3, 0.4) is 0 Å². The number of aldehydes is 1. The van der Waals surface area contributed by atoms with Gasteiger partial charge in [-0.1, -0.05) is 0 Å². The van der Waals surface area contributed by atoms with Crippen LogP contribution in [0.5, 0.6) is 0 Å². The predicted octanol–water partition coefficient (Wildman–Crippen LogP) is 0.833. The molecule has 0 bridgehead atoms. The second kappa shape index (κ2) is 2.70. The zero-order valence-electron chi connectivity index (χ0n) is 5.33. The smallest absolute Gasteiger partial charge is 0.253 e. The second-order valence-electron chi connectivity index (χ2n) is 1.78. The molecular formula is C6H5NO2S. The van der Waals surface area contributed by atoms with Crippen molar-refractivity contribution >= 4 is 23.4 Å². The molecule has 1 heterocycles. The van der Waals surface area contributed by atoms with Gasteiger partial charge in [-0.15, -0.1) is 11.3 Å². The minimum atomic E-state index is -0.543. The van der Waals surface area contributed by atoms with E-state index >= 15 is 0 Å². The van der Waals surface area contributed by atoms with Gasteiger partial charge in [-0.25, -0.2) is 4.98 Å². The summed E-state index contributed by atoms with van der Waals surface area (Å²) in [5, 5.41) is 2.00. The van der Waals surface area contributed by atoms with Gasteiger partial charge in [-0.2, -0.15) is 0 Å². The number of carbonyl (C=O) groups excluding carboxylic acids is 2. The lowest BCUT2D eigenvalue weighted by Gasteiger charge is -1.79. The van der Waals surface area contributed by atoms with E-state index in [2.05, 4.69) is 4.98 Å². The van der Waals surface area contributed by atoms with Crippen molar-refractivity contribution in [3.05, 3.63) is 16.1 Å². The van der Waals surface area contributed by atoms with E-state index in [9.17, 15) is 9.59 Å². The van der Waals surface area contributed by atoms with Crippen molar-refractivity contribution in [1.82, 2.24) is 4.98 Å². The summed E-state index contributed by atoms with van der Waals surface area (Å²) in [4.78, 5) is 24.4. The van der Waals surface area contributed by atoms with Crippen molar-refractivity contribution in [1.29, 1.82) is 0 Å². The van der Waals surface area contributed by atoms with Crippen molar-refractivity contribution in [3.63, 3.8) is 0 Å². The van der Waals surface area contributed by atoms with E-state index in [0.29, 0.717) is 0 Å². The van der Waals surface area contributed by atoms with E-state index < -0.39 is 5.78 Å². The molecule has 0 unspecified atom stereocenters. The van der Waals surface area contributed by atoms with E-state index in [1.807, 2.05) is 0 Å². The SMILES string of the molecule is Cc1csc(C(=O)C=O)n1. The molecule has 0 radical (unpaired) electrons. The molecule has 0 N–H and O–H groups in total. The summed E-state index contributed by atoms with van der Waals surface area (Å²) >= 11 is 1.19. The monoisotopic (exact) mass is 155 g/mol. The van der Waals surface area contributed by atoms with E-state index in [1.54, 1.807) is 12.3 Å². The van der Waals surface area contributed by atoms with Crippen molar-refractivity contribution in [2.45, 2.75) is 6.92 Å².